The Balaban J connectivity index is 2.31. The van der Waals surface area contributed by atoms with Crippen molar-refractivity contribution in [3.05, 3.63) is 70.8 Å². The molecule has 0 radical (unpaired) electrons. The quantitative estimate of drug-likeness (QED) is 0.677. The average molecular weight is 395 g/mol. The van der Waals surface area contributed by atoms with Crippen LogP contribution in [0.2, 0.25) is 0 Å². The van der Waals surface area contributed by atoms with E-state index < -0.39 is 6.04 Å². The normalized spacial score (nSPS) is 12.9. The Kier molecular flexibility index (Phi) is 8.44. The van der Waals surface area contributed by atoms with Gasteiger partial charge in [-0.1, -0.05) is 67.9 Å². The first-order valence-electron chi connectivity index (χ1n) is 10.6. The number of nitrogens with one attached hydrogen (secondary N) is 1. The van der Waals surface area contributed by atoms with Crippen molar-refractivity contribution in [2.75, 3.05) is 0 Å². The Hall–Kier alpha value is -2.62. The van der Waals surface area contributed by atoms with Gasteiger partial charge in [-0.15, -0.1) is 0 Å². The molecule has 2 aromatic carbocycles. The summed E-state index contributed by atoms with van der Waals surface area (Å²) < 4.78 is 0. The van der Waals surface area contributed by atoms with Crippen LogP contribution in [-0.4, -0.2) is 28.8 Å². The van der Waals surface area contributed by atoms with Crippen molar-refractivity contribution in [2.45, 2.75) is 72.5 Å². The first-order chi connectivity index (χ1) is 13.8. The summed E-state index contributed by atoms with van der Waals surface area (Å²) in [6.45, 7) is 10.5. The molecule has 2 aromatic rings. The molecule has 0 aliphatic rings. The highest BCUT2D eigenvalue weighted by Gasteiger charge is 2.29. The summed E-state index contributed by atoms with van der Waals surface area (Å²) in [5.41, 5.74) is 4.28. The first-order valence-corrected chi connectivity index (χ1v) is 10.6. The third kappa shape index (κ3) is 6.45. The summed E-state index contributed by atoms with van der Waals surface area (Å²) in [5.74, 6) is -0.0976. The summed E-state index contributed by atoms with van der Waals surface area (Å²) in [6.07, 6.45) is 1.73. The fourth-order valence-corrected chi connectivity index (χ4v) is 3.44. The minimum absolute atomic E-state index is 0.0213. The molecule has 1 N–H and O–H groups in total. The molecule has 2 amide bonds. The highest BCUT2D eigenvalue weighted by molar-refractivity contribution is 5.88. The molecule has 0 saturated heterocycles. The second kappa shape index (κ2) is 10.8. The number of hydrogen-bond donors (Lipinski definition) is 1. The van der Waals surface area contributed by atoms with Gasteiger partial charge in [0.25, 0.3) is 0 Å². The summed E-state index contributed by atoms with van der Waals surface area (Å²) in [5, 5.41) is 3.06. The van der Waals surface area contributed by atoms with Crippen LogP contribution in [0.5, 0.6) is 0 Å². The van der Waals surface area contributed by atoms with Gasteiger partial charge in [-0.05, 0) is 50.3 Å². The molecular formula is C25H34N2O2. The molecule has 29 heavy (non-hydrogen) atoms. The van der Waals surface area contributed by atoms with Gasteiger partial charge in [-0.3, -0.25) is 9.59 Å². The number of nitrogens with zero attached hydrogens (tertiary/aromatic N) is 1. The second-order valence-corrected chi connectivity index (χ2v) is 7.86. The fraction of sp³-hybridized carbons (Fsp3) is 0.440. The number of aryl methyl sites for hydroxylation is 2. The average Bonchev–Trinajstić information content (AvgIpc) is 2.69. The van der Waals surface area contributed by atoms with Crippen molar-refractivity contribution in [1.29, 1.82) is 0 Å². The maximum absolute atomic E-state index is 13.4. The number of benzene rings is 2. The molecule has 156 valence electrons. The smallest absolute Gasteiger partial charge is 0.243 e. The van der Waals surface area contributed by atoms with Crippen molar-refractivity contribution in [2.24, 2.45) is 0 Å². The van der Waals surface area contributed by atoms with Gasteiger partial charge in [0.05, 0.1) is 6.42 Å². The van der Waals surface area contributed by atoms with Crippen molar-refractivity contribution >= 4 is 11.8 Å². The number of carbonyl (C=O) groups excluding carboxylic acids is 2. The first kappa shape index (κ1) is 22.7. The molecule has 0 fully saturated rings. The summed E-state index contributed by atoms with van der Waals surface area (Å²) in [6, 6.07) is 15.7. The van der Waals surface area contributed by atoms with E-state index in [1.807, 2.05) is 77.1 Å². The van der Waals surface area contributed by atoms with E-state index in [2.05, 4.69) is 11.4 Å². The SMILES string of the molecule is CCC(C)NC(=O)C(CC)N(Cc1cccc(C)c1)C(=O)Cc1ccccc1C. The zero-order valence-corrected chi connectivity index (χ0v) is 18.4. The highest BCUT2D eigenvalue weighted by atomic mass is 16.2. The van der Waals surface area contributed by atoms with E-state index in [4.69, 9.17) is 0 Å². The number of carbonyl (C=O) groups is 2. The van der Waals surface area contributed by atoms with E-state index in [9.17, 15) is 9.59 Å². The van der Waals surface area contributed by atoms with Gasteiger partial charge in [0, 0.05) is 12.6 Å². The van der Waals surface area contributed by atoms with Gasteiger partial charge in [0.2, 0.25) is 11.8 Å². The van der Waals surface area contributed by atoms with Crippen molar-refractivity contribution in [3.63, 3.8) is 0 Å². The molecule has 0 aliphatic carbocycles. The van der Waals surface area contributed by atoms with E-state index >= 15 is 0 Å². The van der Waals surface area contributed by atoms with Crippen LogP contribution in [0.1, 0.15) is 55.9 Å². The lowest BCUT2D eigenvalue weighted by molar-refractivity contribution is -0.141. The molecule has 0 spiro atoms. The van der Waals surface area contributed by atoms with Crippen LogP contribution in [0.25, 0.3) is 0 Å². The summed E-state index contributed by atoms with van der Waals surface area (Å²) in [7, 11) is 0. The maximum atomic E-state index is 13.4. The molecule has 2 rings (SSSR count). The molecule has 2 atom stereocenters. The summed E-state index contributed by atoms with van der Waals surface area (Å²) in [4.78, 5) is 28.1. The lowest BCUT2D eigenvalue weighted by atomic mass is 10.0. The molecule has 0 saturated carbocycles. The van der Waals surface area contributed by atoms with Crippen LogP contribution in [0.15, 0.2) is 48.5 Å². The third-order valence-corrected chi connectivity index (χ3v) is 5.43. The van der Waals surface area contributed by atoms with Crippen molar-refractivity contribution in [1.82, 2.24) is 10.2 Å². The minimum atomic E-state index is -0.485. The molecule has 0 heterocycles. The van der Waals surface area contributed by atoms with Crippen LogP contribution in [0.3, 0.4) is 0 Å². The molecule has 0 bridgehead atoms. The van der Waals surface area contributed by atoms with Crippen LogP contribution in [0.4, 0.5) is 0 Å². The van der Waals surface area contributed by atoms with Crippen LogP contribution >= 0.6 is 0 Å². The van der Waals surface area contributed by atoms with E-state index in [-0.39, 0.29) is 17.9 Å². The zero-order chi connectivity index (χ0) is 21.4. The minimum Gasteiger partial charge on any atom is -0.352 e. The predicted molar refractivity (Wildman–Crippen MR) is 119 cm³/mol. The van der Waals surface area contributed by atoms with Gasteiger partial charge in [0.1, 0.15) is 6.04 Å². The molecule has 4 heteroatoms. The molecule has 4 nitrogen and oxygen atoms in total. The predicted octanol–water partition coefficient (Wildman–Crippen LogP) is 4.57. The van der Waals surface area contributed by atoms with E-state index in [1.54, 1.807) is 4.90 Å². The van der Waals surface area contributed by atoms with Crippen LogP contribution in [-0.2, 0) is 22.6 Å². The number of hydrogen-bond acceptors (Lipinski definition) is 2. The number of amides is 2. The maximum Gasteiger partial charge on any atom is 0.243 e. The molecule has 0 aromatic heterocycles. The van der Waals surface area contributed by atoms with E-state index in [0.717, 1.165) is 28.7 Å². The Morgan fingerprint density at radius 3 is 2.34 bits per heavy atom. The Labute approximate surface area is 175 Å². The van der Waals surface area contributed by atoms with Gasteiger partial charge >= 0.3 is 0 Å². The molecule has 0 aliphatic heterocycles. The standard InChI is InChI=1S/C25H34N2O2/c1-6-20(5)26-25(29)23(7-2)27(17-21-13-10-11-18(3)15-21)24(28)16-22-14-9-8-12-19(22)4/h8-15,20,23H,6-7,16-17H2,1-5H3,(H,26,29). The van der Waals surface area contributed by atoms with Crippen LogP contribution in [0, 0.1) is 13.8 Å². The van der Waals surface area contributed by atoms with Crippen LogP contribution < -0.4 is 5.32 Å². The lowest BCUT2D eigenvalue weighted by Crippen LogP contribution is -2.51. The zero-order valence-electron chi connectivity index (χ0n) is 18.4. The van der Waals surface area contributed by atoms with E-state index in [0.29, 0.717) is 19.4 Å². The monoisotopic (exact) mass is 394 g/mol. The largest absolute Gasteiger partial charge is 0.352 e. The lowest BCUT2D eigenvalue weighted by Gasteiger charge is -2.32. The van der Waals surface area contributed by atoms with Gasteiger partial charge < -0.3 is 10.2 Å². The molecule has 2 unspecified atom stereocenters. The summed E-state index contributed by atoms with van der Waals surface area (Å²) >= 11 is 0. The van der Waals surface area contributed by atoms with Crippen molar-refractivity contribution in [3.8, 4) is 0 Å². The fourth-order valence-electron chi connectivity index (χ4n) is 3.44. The number of rotatable bonds is 9. The van der Waals surface area contributed by atoms with E-state index in [1.165, 1.54) is 0 Å². The Morgan fingerprint density at radius 1 is 1.00 bits per heavy atom. The van der Waals surface area contributed by atoms with Gasteiger partial charge in [-0.2, -0.15) is 0 Å². The Morgan fingerprint density at radius 2 is 1.72 bits per heavy atom. The second-order valence-electron chi connectivity index (χ2n) is 7.86. The molecular weight excluding hydrogens is 360 g/mol. The highest BCUT2D eigenvalue weighted by Crippen LogP contribution is 2.17. The Bertz CT molecular complexity index is 831. The van der Waals surface area contributed by atoms with Gasteiger partial charge in [0.15, 0.2) is 0 Å². The van der Waals surface area contributed by atoms with Gasteiger partial charge in [-0.25, -0.2) is 0 Å². The third-order valence-electron chi connectivity index (χ3n) is 5.43. The topological polar surface area (TPSA) is 49.4 Å². The van der Waals surface area contributed by atoms with Crippen molar-refractivity contribution < 1.29 is 9.59 Å².